The van der Waals surface area contributed by atoms with E-state index in [1.54, 1.807) is 20.8 Å². The molecule has 1 fully saturated rings. The summed E-state index contributed by atoms with van der Waals surface area (Å²) in [6.45, 7) is 5.76. The number of carbonyl (C=O) groups excluding carboxylic acids is 2. The van der Waals surface area contributed by atoms with Crippen molar-refractivity contribution in [3.63, 3.8) is 0 Å². The molecule has 0 aromatic heterocycles. The van der Waals surface area contributed by atoms with Gasteiger partial charge in [0, 0.05) is 20.0 Å². The molecule has 202 valence electrons. The van der Waals surface area contributed by atoms with Crippen molar-refractivity contribution in [2.45, 2.75) is 70.9 Å². The van der Waals surface area contributed by atoms with E-state index in [1.807, 2.05) is 60.7 Å². The fourth-order valence-electron chi connectivity index (χ4n) is 4.07. The predicted octanol–water partition coefficient (Wildman–Crippen LogP) is 5.88. The van der Waals surface area contributed by atoms with Crippen molar-refractivity contribution < 1.29 is 32.6 Å². The van der Waals surface area contributed by atoms with Gasteiger partial charge < -0.3 is 19.1 Å². The van der Waals surface area contributed by atoms with Gasteiger partial charge in [0.1, 0.15) is 18.8 Å². The van der Waals surface area contributed by atoms with Crippen LogP contribution in [-0.2, 0) is 27.4 Å². The first-order valence-corrected chi connectivity index (χ1v) is 12.4. The largest absolute Gasteiger partial charge is 0.445 e. The average Bonchev–Trinajstić information content (AvgIpc) is 2.84. The molecular weight excluding hydrogens is 482 g/mol. The zero-order valence-electron chi connectivity index (χ0n) is 21.9. The molecule has 2 aromatic carbocycles. The van der Waals surface area contributed by atoms with Gasteiger partial charge >= 0.3 is 12.2 Å². The number of benzene rings is 2. The second-order valence-corrected chi connectivity index (χ2v) is 10.4. The Labute approximate surface area is 217 Å². The quantitative estimate of drug-likeness (QED) is 0.437. The van der Waals surface area contributed by atoms with Crippen LogP contribution >= 0.6 is 0 Å². The number of hydrogen-bond donors (Lipinski definition) is 0. The molecule has 0 aliphatic carbocycles. The fraction of sp³-hybridized carbons (Fsp3) is 0.500. The van der Waals surface area contributed by atoms with Crippen LogP contribution in [0.3, 0.4) is 0 Å². The standard InChI is InChI=1S/C28H36F2N2O5/c1-27(2,3)37-25(33)31-16-15-23(24(18-31)36-20-28(4,29)30)32(17-21-11-7-5-8-12-21)26(34)35-19-22-13-9-6-10-14-22/h5-14,23-24H,15-20H2,1-4H3. The number of ether oxygens (including phenoxy) is 3. The number of nitrogens with zero attached hydrogens (tertiary/aromatic N) is 2. The van der Waals surface area contributed by atoms with Gasteiger partial charge in [-0.3, -0.25) is 4.90 Å². The second-order valence-electron chi connectivity index (χ2n) is 10.4. The Kier molecular flexibility index (Phi) is 9.48. The number of piperidine rings is 1. The van der Waals surface area contributed by atoms with E-state index in [9.17, 15) is 18.4 Å². The van der Waals surface area contributed by atoms with Crippen molar-refractivity contribution in [2.24, 2.45) is 0 Å². The minimum Gasteiger partial charge on any atom is -0.445 e. The highest BCUT2D eigenvalue weighted by Crippen LogP contribution is 2.26. The average molecular weight is 519 g/mol. The molecule has 0 N–H and O–H groups in total. The number of hydrogen-bond acceptors (Lipinski definition) is 5. The van der Waals surface area contributed by atoms with Gasteiger partial charge in [0.25, 0.3) is 5.92 Å². The van der Waals surface area contributed by atoms with Crippen LogP contribution in [-0.4, -0.2) is 65.4 Å². The third-order valence-electron chi connectivity index (χ3n) is 5.76. The zero-order chi connectivity index (χ0) is 27.1. The summed E-state index contributed by atoms with van der Waals surface area (Å²) in [6, 6.07) is 18.0. The van der Waals surface area contributed by atoms with Gasteiger partial charge in [0.2, 0.25) is 0 Å². The fourth-order valence-corrected chi connectivity index (χ4v) is 4.07. The number of halogens is 2. The van der Waals surface area contributed by atoms with Gasteiger partial charge in [-0.05, 0) is 38.3 Å². The second kappa shape index (κ2) is 12.4. The molecule has 2 unspecified atom stereocenters. The summed E-state index contributed by atoms with van der Waals surface area (Å²) in [5.41, 5.74) is 0.975. The molecule has 9 heteroatoms. The van der Waals surface area contributed by atoms with Crippen LogP contribution in [0.1, 0.15) is 45.2 Å². The summed E-state index contributed by atoms with van der Waals surface area (Å²) < 4.78 is 44.3. The number of carbonyl (C=O) groups is 2. The summed E-state index contributed by atoms with van der Waals surface area (Å²) >= 11 is 0. The molecule has 1 heterocycles. The first-order valence-electron chi connectivity index (χ1n) is 12.4. The minimum absolute atomic E-state index is 0.00686. The van der Waals surface area contributed by atoms with E-state index in [0.29, 0.717) is 6.42 Å². The molecule has 0 saturated carbocycles. The molecule has 2 aromatic rings. The number of likely N-dealkylation sites (tertiary alicyclic amines) is 1. The highest BCUT2D eigenvalue weighted by atomic mass is 19.3. The maximum Gasteiger partial charge on any atom is 0.410 e. The van der Waals surface area contributed by atoms with Crippen LogP contribution in [0.15, 0.2) is 60.7 Å². The minimum atomic E-state index is -3.07. The number of alkyl halides is 2. The first kappa shape index (κ1) is 28.4. The van der Waals surface area contributed by atoms with Crippen molar-refractivity contribution in [1.82, 2.24) is 9.80 Å². The lowest BCUT2D eigenvalue weighted by molar-refractivity contribution is -0.121. The predicted molar refractivity (Wildman–Crippen MR) is 135 cm³/mol. The Morgan fingerprint density at radius 2 is 1.57 bits per heavy atom. The van der Waals surface area contributed by atoms with Crippen LogP contribution in [0, 0.1) is 0 Å². The van der Waals surface area contributed by atoms with E-state index in [-0.39, 0.29) is 26.2 Å². The van der Waals surface area contributed by atoms with Gasteiger partial charge in [-0.2, -0.15) is 0 Å². The van der Waals surface area contributed by atoms with Crippen molar-refractivity contribution >= 4 is 12.2 Å². The molecule has 0 spiro atoms. The van der Waals surface area contributed by atoms with E-state index in [4.69, 9.17) is 14.2 Å². The molecule has 7 nitrogen and oxygen atoms in total. The van der Waals surface area contributed by atoms with Crippen molar-refractivity contribution in [2.75, 3.05) is 19.7 Å². The van der Waals surface area contributed by atoms with E-state index in [0.717, 1.165) is 18.1 Å². The topological polar surface area (TPSA) is 68.3 Å². The summed E-state index contributed by atoms with van der Waals surface area (Å²) in [6.07, 6.45) is -1.68. The van der Waals surface area contributed by atoms with Gasteiger partial charge in [-0.1, -0.05) is 60.7 Å². The molecule has 2 amide bonds. The molecule has 1 aliphatic rings. The Bertz CT molecular complexity index is 1010. The summed E-state index contributed by atoms with van der Waals surface area (Å²) in [4.78, 5) is 29.0. The van der Waals surface area contributed by atoms with Crippen LogP contribution in [0.2, 0.25) is 0 Å². The molecule has 2 atom stereocenters. The highest BCUT2D eigenvalue weighted by Gasteiger charge is 2.41. The van der Waals surface area contributed by atoms with Crippen LogP contribution in [0.25, 0.3) is 0 Å². The third-order valence-corrected chi connectivity index (χ3v) is 5.76. The Balaban J connectivity index is 1.83. The maximum atomic E-state index is 13.8. The molecule has 37 heavy (non-hydrogen) atoms. The van der Waals surface area contributed by atoms with Crippen molar-refractivity contribution in [3.8, 4) is 0 Å². The molecule has 0 bridgehead atoms. The SMILES string of the molecule is CC(F)(F)COC1CN(C(=O)OC(C)(C)C)CCC1N(Cc1ccccc1)C(=O)OCc1ccccc1. The molecule has 0 radical (unpaired) electrons. The zero-order valence-corrected chi connectivity index (χ0v) is 21.9. The van der Waals surface area contributed by atoms with Gasteiger partial charge in [0.05, 0.1) is 18.7 Å². The third kappa shape index (κ3) is 9.31. The maximum absolute atomic E-state index is 13.8. The lowest BCUT2D eigenvalue weighted by Gasteiger charge is -2.43. The van der Waals surface area contributed by atoms with Gasteiger partial charge in [0.15, 0.2) is 0 Å². The monoisotopic (exact) mass is 518 g/mol. The highest BCUT2D eigenvalue weighted by molar-refractivity contribution is 5.69. The number of amides is 2. The van der Waals surface area contributed by atoms with E-state index in [2.05, 4.69) is 0 Å². The van der Waals surface area contributed by atoms with E-state index < -0.39 is 42.5 Å². The molecular formula is C28H36F2N2O5. The summed E-state index contributed by atoms with van der Waals surface area (Å²) in [5, 5.41) is 0. The Morgan fingerprint density at radius 1 is 0.973 bits per heavy atom. The Hall–Kier alpha value is -3.20. The van der Waals surface area contributed by atoms with Gasteiger partial charge in [-0.15, -0.1) is 0 Å². The summed E-state index contributed by atoms with van der Waals surface area (Å²) in [7, 11) is 0. The lowest BCUT2D eigenvalue weighted by Crippen LogP contribution is -2.58. The smallest absolute Gasteiger partial charge is 0.410 e. The summed E-state index contributed by atoms with van der Waals surface area (Å²) in [5.74, 6) is -3.07. The van der Waals surface area contributed by atoms with Crippen LogP contribution in [0.4, 0.5) is 18.4 Å². The molecule has 1 saturated heterocycles. The van der Waals surface area contributed by atoms with Crippen molar-refractivity contribution in [3.05, 3.63) is 71.8 Å². The van der Waals surface area contributed by atoms with E-state index >= 15 is 0 Å². The van der Waals surface area contributed by atoms with Crippen molar-refractivity contribution in [1.29, 1.82) is 0 Å². The Morgan fingerprint density at radius 3 is 2.14 bits per heavy atom. The lowest BCUT2D eigenvalue weighted by atomic mass is 9.99. The van der Waals surface area contributed by atoms with Crippen LogP contribution in [0.5, 0.6) is 0 Å². The molecule has 1 aliphatic heterocycles. The van der Waals surface area contributed by atoms with E-state index in [1.165, 1.54) is 9.80 Å². The normalized spacial score (nSPS) is 18.3. The molecule has 3 rings (SSSR count). The van der Waals surface area contributed by atoms with Gasteiger partial charge in [-0.25, -0.2) is 18.4 Å². The number of rotatable bonds is 8. The van der Waals surface area contributed by atoms with Crippen LogP contribution < -0.4 is 0 Å². The first-order chi connectivity index (χ1) is 17.4.